The molecular weight excluding hydrogens is 668 g/mol. The van der Waals surface area contributed by atoms with Crippen molar-refractivity contribution in [1.82, 2.24) is 15.6 Å². The number of allylic oxidation sites excluding steroid dienone is 1. The predicted octanol–water partition coefficient (Wildman–Crippen LogP) is 3.88. The Morgan fingerprint density at radius 3 is 2.08 bits per heavy atom. The number of methoxy groups -OCH3 is 2. The zero-order valence-electron chi connectivity index (χ0n) is 29.1. The number of carboxylic acids is 2. The number of hydrogen-bond acceptors (Lipinski definition) is 10. The normalized spacial score (nSPS) is 14.1. The first-order chi connectivity index (χ1) is 25.1. The lowest BCUT2D eigenvalue weighted by Crippen LogP contribution is -2.39. The fourth-order valence-electron chi connectivity index (χ4n) is 6.24. The van der Waals surface area contributed by atoms with Crippen LogP contribution >= 0.6 is 0 Å². The predicted molar refractivity (Wildman–Crippen MR) is 195 cm³/mol. The number of carbonyl (C=O) groups excluding carboxylic acids is 1. The largest absolute Gasteiger partial charge is 0.496 e. The van der Waals surface area contributed by atoms with Gasteiger partial charge in [-0.2, -0.15) is 0 Å². The number of ether oxygens (including phenoxy) is 2. The Morgan fingerprint density at radius 2 is 1.42 bits per heavy atom. The molecule has 5 rings (SSSR count). The number of hydrogen-bond donors (Lipinski definition) is 7. The second-order valence-electron chi connectivity index (χ2n) is 12.3. The molecule has 0 aliphatic heterocycles. The number of aliphatic carboxylic acids is 2. The van der Waals surface area contributed by atoms with Crippen molar-refractivity contribution >= 4 is 35.2 Å². The molecule has 3 aromatic carbocycles. The summed E-state index contributed by atoms with van der Waals surface area (Å²) in [4.78, 5) is 40.2. The summed E-state index contributed by atoms with van der Waals surface area (Å²) in [5.41, 5.74) is 9.46. The van der Waals surface area contributed by atoms with Crippen molar-refractivity contribution in [2.45, 2.75) is 44.9 Å². The third-order valence-corrected chi connectivity index (χ3v) is 9.13. The van der Waals surface area contributed by atoms with Gasteiger partial charge in [0, 0.05) is 42.2 Å². The maximum absolute atomic E-state index is 13.4. The number of nitrogens with one attached hydrogen (secondary N) is 3. The van der Waals surface area contributed by atoms with E-state index in [0.29, 0.717) is 22.7 Å². The molecule has 0 fully saturated rings. The number of carboxylic acid groups (broad SMARTS) is 2. The standard InChI is InChI=1S/C39H42N4O9/c1-22-27(6-5-9-31(22)43-37(46)32-16-36(52-3)26(18-40-32)19-42-34(21-45)39(49)50)29-8-4-7-28-24(12-13-30(28)29)14-23-10-11-25(35(15-23)51-2)17-41-33(20-44)38(47)48/h4-11,14-16,18,33-34,41-42,44-45H,12-13,17,19-21H2,1-3H3,(H,43,46)(H,47,48)(H,49,50)/b24-14+/t33-,34-/m1/s1. The van der Waals surface area contributed by atoms with Crippen LogP contribution in [0.15, 0.2) is 66.9 Å². The Balaban J connectivity index is 1.35. The smallest absolute Gasteiger partial charge is 0.323 e. The van der Waals surface area contributed by atoms with Crippen molar-refractivity contribution in [3.8, 4) is 22.6 Å². The monoisotopic (exact) mass is 710 g/mol. The van der Waals surface area contributed by atoms with Crippen LogP contribution in [0.4, 0.5) is 5.69 Å². The molecule has 13 nitrogen and oxygen atoms in total. The summed E-state index contributed by atoms with van der Waals surface area (Å²) >= 11 is 0. The average molecular weight is 711 g/mol. The van der Waals surface area contributed by atoms with Crippen LogP contribution in [0.5, 0.6) is 11.5 Å². The van der Waals surface area contributed by atoms with Gasteiger partial charge in [-0.1, -0.05) is 48.5 Å². The van der Waals surface area contributed by atoms with E-state index in [4.69, 9.17) is 9.47 Å². The maximum Gasteiger partial charge on any atom is 0.323 e. The molecule has 0 saturated heterocycles. The number of anilines is 1. The summed E-state index contributed by atoms with van der Waals surface area (Å²) in [6.45, 7) is 1.15. The van der Waals surface area contributed by atoms with Gasteiger partial charge in [-0.3, -0.25) is 30.0 Å². The number of fused-ring (bicyclic) bond motifs is 1. The van der Waals surface area contributed by atoms with E-state index in [1.165, 1.54) is 30.5 Å². The van der Waals surface area contributed by atoms with E-state index in [-0.39, 0.29) is 18.8 Å². The van der Waals surface area contributed by atoms with Crippen LogP contribution in [0.3, 0.4) is 0 Å². The zero-order valence-corrected chi connectivity index (χ0v) is 29.1. The van der Waals surface area contributed by atoms with Crippen molar-refractivity contribution in [2.24, 2.45) is 0 Å². The molecule has 1 aromatic heterocycles. The van der Waals surface area contributed by atoms with Crippen LogP contribution in [0, 0.1) is 6.92 Å². The fraction of sp³-hybridized carbons (Fsp3) is 0.282. The van der Waals surface area contributed by atoms with E-state index >= 15 is 0 Å². The molecule has 0 bridgehead atoms. The Labute approximate surface area is 301 Å². The highest BCUT2D eigenvalue weighted by atomic mass is 16.5. The topological polar surface area (TPSA) is 200 Å². The summed E-state index contributed by atoms with van der Waals surface area (Å²) in [7, 11) is 3.01. The van der Waals surface area contributed by atoms with Gasteiger partial charge in [0.2, 0.25) is 0 Å². The number of nitrogens with zero attached hydrogens (tertiary/aromatic N) is 1. The van der Waals surface area contributed by atoms with Gasteiger partial charge in [-0.15, -0.1) is 0 Å². The summed E-state index contributed by atoms with van der Waals surface area (Å²) in [5.74, 6) is -1.79. The van der Waals surface area contributed by atoms with Crippen LogP contribution in [-0.4, -0.2) is 82.8 Å². The van der Waals surface area contributed by atoms with E-state index in [9.17, 15) is 34.8 Å². The van der Waals surface area contributed by atoms with Crippen molar-refractivity contribution in [1.29, 1.82) is 0 Å². The number of amides is 1. The molecular formula is C39H42N4O9. The van der Waals surface area contributed by atoms with Gasteiger partial charge >= 0.3 is 11.9 Å². The van der Waals surface area contributed by atoms with E-state index in [1.54, 1.807) is 7.11 Å². The molecule has 0 radical (unpaired) electrons. The van der Waals surface area contributed by atoms with Gasteiger partial charge in [0.05, 0.1) is 27.4 Å². The van der Waals surface area contributed by atoms with Crippen molar-refractivity contribution < 1.29 is 44.3 Å². The number of benzene rings is 3. The van der Waals surface area contributed by atoms with E-state index in [0.717, 1.165) is 46.2 Å². The van der Waals surface area contributed by atoms with Gasteiger partial charge in [-0.25, -0.2) is 0 Å². The lowest BCUT2D eigenvalue weighted by atomic mass is 9.92. The molecule has 7 N–H and O–H groups in total. The number of rotatable bonds is 16. The first kappa shape index (κ1) is 37.7. The van der Waals surface area contributed by atoms with Crippen LogP contribution in [0.1, 0.15) is 50.3 Å². The second kappa shape index (κ2) is 17.1. The van der Waals surface area contributed by atoms with Crippen molar-refractivity contribution in [2.75, 3.05) is 32.8 Å². The first-order valence-electron chi connectivity index (χ1n) is 16.7. The highest BCUT2D eigenvalue weighted by Crippen LogP contribution is 2.41. The minimum absolute atomic E-state index is 0.0654. The van der Waals surface area contributed by atoms with Gasteiger partial charge in [0.25, 0.3) is 5.91 Å². The minimum Gasteiger partial charge on any atom is -0.496 e. The van der Waals surface area contributed by atoms with Crippen molar-refractivity contribution in [3.05, 3.63) is 106 Å². The molecule has 1 aliphatic carbocycles. The van der Waals surface area contributed by atoms with Gasteiger partial charge < -0.3 is 35.2 Å². The average Bonchev–Trinajstić information content (AvgIpc) is 3.55. The molecule has 4 aromatic rings. The quantitative estimate of drug-likeness (QED) is 0.0887. The molecule has 272 valence electrons. The molecule has 0 saturated carbocycles. The van der Waals surface area contributed by atoms with Gasteiger partial charge in [0.1, 0.15) is 29.3 Å². The van der Waals surface area contributed by atoms with Crippen LogP contribution in [0.25, 0.3) is 22.8 Å². The Hall–Kier alpha value is -5.60. The summed E-state index contributed by atoms with van der Waals surface area (Å²) < 4.78 is 11.0. The third-order valence-electron chi connectivity index (χ3n) is 9.13. The van der Waals surface area contributed by atoms with E-state index < -0.39 is 43.1 Å². The molecule has 1 amide bonds. The molecule has 0 spiro atoms. The molecule has 52 heavy (non-hydrogen) atoms. The molecule has 1 aliphatic rings. The third kappa shape index (κ3) is 8.46. The van der Waals surface area contributed by atoms with Crippen LogP contribution in [0.2, 0.25) is 0 Å². The molecule has 2 atom stereocenters. The minimum atomic E-state index is -1.19. The Morgan fingerprint density at radius 1 is 0.808 bits per heavy atom. The zero-order chi connectivity index (χ0) is 37.4. The van der Waals surface area contributed by atoms with Crippen molar-refractivity contribution in [3.63, 3.8) is 0 Å². The number of aromatic nitrogens is 1. The lowest BCUT2D eigenvalue weighted by molar-refractivity contribution is -0.141. The van der Waals surface area contributed by atoms with Crippen LogP contribution < -0.4 is 25.4 Å². The number of pyridine rings is 1. The molecule has 0 unspecified atom stereocenters. The fourth-order valence-corrected chi connectivity index (χ4v) is 6.24. The highest BCUT2D eigenvalue weighted by molar-refractivity contribution is 6.04. The molecule has 1 heterocycles. The van der Waals surface area contributed by atoms with E-state index in [2.05, 4.69) is 39.1 Å². The van der Waals surface area contributed by atoms with E-state index in [1.807, 2.05) is 49.4 Å². The Bertz CT molecular complexity index is 1990. The van der Waals surface area contributed by atoms with Gasteiger partial charge in [0.15, 0.2) is 0 Å². The molecule has 13 heteroatoms. The van der Waals surface area contributed by atoms with Gasteiger partial charge in [-0.05, 0) is 70.9 Å². The summed E-state index contributed by atoms with van der Waals surface area (Å²) in [6, 6.07) is 17.0. The number of aliphatic hydroxyl groups is 2. The maximum atomic E-state index is 13.4. The highest BCUT2D eigenvalue weighted by Gasteiger charge is 2.23. The second-order valence-corrected chi connectivity index (χ2v) is 12.3. The first-order valence-corrected chi connectivity index (χ1v) is 16.7. The Kier molecular flexibility index (Phi) is 12.4. The lowest BCUT2D eigenvalue weighted by Gasteiger charge is -2.16. The summed E-state index contributed by atoms with van der Waals surface area (Å²) in [5, 5.41) is 45.5. The van der Waals surface area contributed by atoms with Crippen LogP contribution in [-0.2, 0) is 29.1 Å². The summed E-state index contributed by atoms with van der Waals surface area (Å²) in [6.07, 6.45) is 5.24. The number of aliphatic hydroxyl groups excluding tert-OH is 2. The number of carbonyl (C=O) groups is 3. The SMILES string of the molecule is COc1cc(/C=C2\CCc3c2cccc3-c2cccc(NC(=O)c3cc(OC)c(CN[C@H](CO)C(=O)O)cn3)c2C)ccc1CN[C@H](CO)C(=O)O.